The molecule has 0 atom stereocenters. The van der Waals surface area contributed by atoms with Crippen molar-refractivity contribution in [2.45, 2.75) is 0 Å². The molecule has 0 unspecified atom stereocenters. The van der Waals surface area contributed by atoms with E-state index in [0.717, 1.165) is 11.1 Å². The monoisotopic (exact) mass is 201 g/mol. The second-order valence-electron chi connectivity index (χ2n) is 2.47. The zero-order valence-electron chi connectivity index (χ0n) is 6.48. The van der Waals surface area contributed by atoms with E-state index in [1.807, 2.05) is 0 Å². The normalized spacial score (nSPS) is 9.92. The van der Waals surface area contributed by atoms with Crippen LogP contribution in [0, 0.1) is 0 Å². The Morgan fingerprint density at radius 2 is 1.75 bits per heavy atom. The molecular formula is C9H9Cl2N. The molecule has 1 aromatic rings. The van der Waals surface area contributed by atoms with Crippen LogP contribution in [0.2, 0.25) is 10.0 Å². The molecule has 0 aliphatic heterocycles. The van der Waals surface area contributed by atoms with Gasteiger partial charge in [-0.3, -0.25) is 0 Å². The second-order valence-corrected chi connectivity index (χ2v) is 3.34. The Balaban J connectivity index is 3.08. The van der Waals surface area contributed by atoms with Crippen molar-refractivity contribution in [2.24, 2.45) is 5.73 Å². The van der Waals surface area contributed by atoms with Gasteiger partial charge in [0.2, 0.25) is 0 Å². The number of hydrogen-bond donors (Lipinski definition) is 1. The van der Waals surface area contributed by atoms with Crippen LogP contribution >= 0.6 is 23.2 Å². The highest BCUT2D eigenvalue weighted by Gasteiger charge is 1.99. The molecule has 0 aromatic heterocycles. The van der Waals surface area contributed by atoms with Gasteiger partial charge >= 0.3 is 0 Å². The van der Waals surface area contributed by atoms with Gasteiger partial charge in [-0.15, -0.1) is 0 Å². The molecule has 0 amide bonds. The largest absolute Gasteiger partial charge is 0.326 e. The van der Waals surface area contributed by atoms with Gasteiger partial charge in [-0.25, -0.2) is 0 Å². The van der Waals surface area contributed by atoms with Crippen molar-refractivity contribution in [1.29, 1.82) is 0 Å². The number of benzene rings is 1. The zero-order valence-corrected chi connectivity index (χ0v) is 7.99. The van der Waals surface area contributed by atoms with Gasteiger partial charge in [0, 0.05) is 16.6 Å². The first-order valence-corrected chi connectivity index (χ1v) is 4.23. The van der Waals surface area contributed by atoms with Crippen molar-refractivity contribution >= 4 is 28.8 Å². The van der Waals surface area contributed by atoms with Gasteiger partial charge in [-0.05, 0) is 29.3 Å². The fourth-order valence-electron chi connectivity index (χ4n) is 0.876. The average Bonchev–Trinajstić information content (AvgIpc) is 2.01. The molecule has 0 heterocycles. The van der Waals surface area contributed by atoms with E-state index < -0.39 is 0 Å². The standard InChI is InChI=1S/C9H9Cl2N/c1-6(5-12)7-2-8(10)4-9(11)3-7/h2-4H,1,5,12H2. The summed E-state index contributed by atoms with van der Waals surface area (Å²) in [6.07, 6.45) is 0. The van der Waals surface area contributed by atoms with Crippen LogP contribution in [0.1, 0.15) is 5.56 Å². The van der Waals surface area contributed by atoms with Crippen LogP contribution in [0.25, 0.3) is 5.57 Å². The van der Waals surface area contributed by atoms with Gasteiger partial charge in [0.15, 0.2) is 0 Å². The first-order chi connectivity index (χ1) is 5.63. The maximum absolute atomic E-state index is 5.78. The van der Waals surface area contributed by atoms with Crippen LogP contribution in [-0.4, -0.2) is 6.54 Å². The molecule has 12 heavy (non-hydrogen) atoms. The number of hydrogen-bond acceptors (Lipinski definition) is 1. The van der Waals surface area contributed by atoms with E-state index in [1.165, 1.54) is 0 Å². The lowest BCUT2D eigenvalue weighted by molar-refractivity contribution is 1.27. The molecule has 0 aliphatic carbocycles. The molecular weight excluding hydrogens is 193 g/mol. The summed E-state index contributed by atoms with van der Waals surface area (Å²) in [5, 5.41) is 1.21. The number of halogens is 2. The maximum atomic E-state index is 5.78. The quantitative estimate of drug-likeness (QED) is 0.783. The minimum Gasteiger partial charge on any atom is -0.326 e. The van der Waals surface area contributed by atoms with E-state index in [0.29, 0.717) is 16.6 Å². The summed E-state index contributed by atoms with van der Waals surface area (Å²) in [4.78, 5) is 0. The molecule has 1 aromatic carbocycles. The molecule has 0 spiro atoms. The molecule has 0 radical (unpaired) electrons. The zero-order chi connectivity index (χ0) is 9.14. The van der Waals surface area contributed by atoms with Crippen LogP contribution in [0.15, 0.2) is 24.8 Å². The SMILES string of the molecule is C=C(CN)c1cc(Cl)cc(Cl)c1. The van der Waals surface area contributed by atoms with E-state index >= 15 is 0 Å². The summed E-state index contributed by atoms with van der Waals surface area (Å²) in [6, 6.07) is 5.27. The first kappa shape index (κ1) is 9.59. The highest BCUT2D eigenvalue weighted by molar-refractivity contribution is 6.34. The average molecular weight is 202 g/mol. The number of rotatable bonds is 2. The van der Waals surface area contributed by atoms with Crippen molar-refractivity contribution in [2.75, 3.05) is 6.54 Å². The Morgan fingerprint density at radius 3 is 2.17 bits per heavy atom. The first-order valence-electron chi connectivity index (χ1n) is 3.48. The summed E-state index contributed by atoms with van der Waals surface area (Å²) in [5.41, 5.74) is 7.15. The summed E-state index contributed by atoms with van der Waals surface area (Å²) in [6.45, 7) is 4.20. The molecule has 0 saturated carbocycles. The Kier molecular flexibility index (Phi) is 3.15. The third-order valence-corrected chi connectivity index (χ3v) is 1.95. The molecule has 1 rings (SSSR count). The van der Waals surface area contributed by atoms with Gasteiger partial charge in [-0.1, -0.05) is 29.8 Å². The van der Waals surface area contributed by atoms with Gasteiger partial charge in [0.1, 0.15) is 0 Å². The highest BCUT2D eigenvalue weighted by Crippen LogP contribution is 2.22. The molecule has 0 fully saturated rings. The lowest BCUT2D eigenvalue weighted by Gasteiger charge is -2.03. The summed E-state index contributed by atoms with van der Waals surface area (Å²) in [5.74, 6) is 0. The van der Waals surface area contributed by atoms with Crippen molar-refractivity contribution in [3.05, 3.63) is 40.4 Å². The highest BCUT2D eigenvalue weighted by atomic mass is 35.5. The summed E-state index contributed by atoms with van der Waals surface area (Å²) < 4.78 is 0. The smallest absolute Gasteiger partial charge is 0.0426 e. The molecule has 0 aliphatic rings. The molecule has 64 valence electrons. The van der Waals surface area contributed by atoms with E-state index in [2.05, 4.69) is 6.58 Å². The fourth-order valence-corrected chi connectivity index (χ4v) is 1.40. The fraction of sp³-hybridized carbons (Fsp3) is 0.111. The predicted molar refractivity (Wildman–Crippen MR) is 54.6 cm³/mol. The van der Waals surface area contributed by atoms with Crippen molar-refractivity contribution in [3.8, 4) is 0 Å². The van der Waals surface area contributed by atoms with Gasteiger partial charge < -0.3 is 5.73 Å². The Morgan fingerprint density at radius 1 is 1.25 bits per heavy atom. The maximum Gasteiger partial charge on any atom is 0.0426 e. The van der Waals surface area contributed by atoms with Crippen molar-refractivity contribution in [3.63, 3.8) is 0 Å². The third kappa shape index (κ3) is 2.24. The van der Waals surface area contributed by atoms with Crippen LogP contribution in [0.4, 0.5) is 0 Å². The Bertz CT molecular complexity index is 287. The topological polar surface area (TPSA) is 26.0 Å². The van der Waals surface area contributed by atoms with E-state index in [-0.39, 0.29) is 0 Å². The van der Waals surface area contributed by atoms with Gasteiger partial charge in [-0.2, -0.15) is 0 Å². The van der Waals surface area contributed by atoms with Crippen molar-refractivity contribution in [1.82, 2.24) is 0 Å². The minimum absolute atomic E-state index is 0.413. The molecule has 1 nitrogen and oxygen atoms in total. The lowest BCUT2D eigenvalue weighted by atomic mass is 10.1. The van der Waals surface area contributed by atoms with Gasteiger partial charge in [0.05, 0.1) is 0 Å². The second kappa shape index (κ2) is 3.94. The van der Waals surface area contributed by atoms with Gasteiger partial charge in [0.25, 0.3) is 0 Å². The molecule has 3 heteroatoms. The predicted octanol–water partition coefficient (Wildman–Crippen LogP) is 2.97. The van der Waals surface area contributed by atoms with Crippen LogP contribution in [0.3, 0.4) is 0 Å². The van der Waals surface area contributed by atoms with Crippen LogP contribution < -0.4 is 5.73 Å². The minimum atomic E-state index is 0.413. The van der Waals surface area contributed by atoms with E-state index in [1.54, 1.807) is 18.2 Å². The summed E-state index contributed by atoms with van der Waals surface area (Å²) >= 11 is 11.6. The van der Waals surface area contributed by atoms with Crippen LogP contribution in [-0.2, 0) is 0 Å². The number of nitrogens with two attached hydrogens (primary N) is 1. The molecule has 0 saturated heterocycles. The summed E-state index contributed by atoms with van der Waals surface area (Å²) in [7, 11) is 0. The Hall–Kier alpha value is -0.500. The molecule has 0 bridgehead atoms. The molecule has 2 N–H and O–H groups in total. The van der Waals surface area contributed by atoms with Crippen LogP contribution in [0.5, 0.6) is 0 Å². The van der Waals surface area contributed by atoms with E-state index in [9.17, 15) is 0 Å². The third-order valence-electron chi connectivity index (χ3n) is 1.52. The van der Waals surface area contributed by atoms with E-state index in [4.69, 9.17) is 28.9 Å². The van der Waals surface area contributed by atoms with Crippen molar-refractivity contribution < 1.29 is 0 Å². The Labute approximate surface area is 81.8 Å². The lowest BCUT2D eigenvalue weighted by Crippen LogP contribution is -2.00.